The molecule has 0 bridgehead atoms. The highest BCUT2D eigenvalue weighted by atomic mass is 19.0. The van der Waals surface area contributed by atoms with E-state index in [0.717, 1.165) is 44.7 Å². The van der Waals surface area contributed by atoms with Crippen LogP contribution in [0, 0.1) is 16.7 Å². The lowest BCUT2D eigenvalue weighted by atomic mass is 9.74. The third-order valence-corrected chi connectivity index (χ3v) is 8.59. The highest BCUT2D eigenvalue weighted by Crippen LogP contribution is 2.37. The van der Waals surface area contributed by atoms with Crippen molar-refractivity contribution in [2.75, 3.05) is 67.5 Å². The monoisotopic (exact) mass is 573 g/mol. The van der Waals surface area contributed by atoms with Crippen molar-refractivity contribution >= 4 is 34.8 Å². The number of hydrogen-bond donors (Lipinski definition) is 0. The van der Waals surface area contributed by atoms with Gasteiger partial charge in [0.25, 0.3) is 5.91 Å². The maximum atomic E-state index is 12.0. The number of halogens is 1. The van der Waals surface area contributed by atoms with E-state index in [1.165, 1.54) is 18.9 Å². The molecule has 3 saturated heterocycles. The van der Waals surface area contributed by atoms with E-state index in [1.54, 1.807) is 7.05 Å². The minimum absolute atomic E-state index is 0. The molecule has 0 radical (unpaired) electrons. The summed E-state index contributed by atoms with van der Waals surface area (Å²) in [5.41, 5.74) is 0.0833. The third kappa shape index (κ3) is 8.10. The molecule has 40 heavy (non-hydrogen) atoms. The average Bonchev–Trinajstić information content (AvgIpc) is 3.12. The molecule has 4 rings (SSSR count). The smallest absolute Gasteiger partial charge is 0.255 e. The fourth-order valence-corrected chi connectivity index (χ4v) is 5.87. The highest BCUT2D eigenvalue weighted by Gasteiger charge is 2.50. The number of Topliss-reactive ketones (excluding diaryl/α,β-unsaturated/α-hetero) is 4. The minimum Gasteiger partial charge on any atom is -0.305 e. The van der Waals surface area contributed by atoms with Crippen LogP contribution >= 0.6 is 0 Å². The van der Waals surface area contributed by atoms with E-state index < -0.39 is 5.41 Å². The molecule has 10 nitrogen and oxygen atoms in total. The Morgan fingerprint density at radius 3 is 1.90 bits per heavy atom. The van der Waals surface area contributed by atoms with Crippen LogP contribution in [0.5, 0.6) is 0 Å². The number of fused-ring (bicyclic) bond motifs is 1. The van der Waals surface area contributed by atoms with Gasteiger partial charge >= 0.3 is 0 Å². The summed E-state index contributed by atoms with van der Waals surface area (Å²) in [6.45, 7) is 11.6. The van der Waals surface area contributed by atoms with Gasteiger partial charge in [0.15, 0.2) is 0 Å². The van der Waals surface area contributed by atoms with E-state index in [-0.39, 0.29) is 53.9 Å². The molecule has 4 aliphatic heterocycles. The normalized spacial score (nSPS) is 29.0. The number of amides is 1. The quantitative estimate of drug-likeness (QED) is 0.472. The van der Waals surface area contributed by atoms with Crippen molar-refractivity contribution in [3.8, 4) is 0 Å². The Kier molecular flexibility index (Phi) is 14.7. The van der Waals surface area contributed by atoms with Gasteiger partial charge in [0.05, 0.1) is 17.0 Å². The largest absolute Gasteiger partial charge is 0.305 e. The van der Waals surface area contributed by atoms with Gasteiger partial charge in [-0.2, -0.15) is 5.10 Å². The fraction of sp³-hybridized carbons (Fsp3) is 0.793. The molecular weight excluding hydrogens is 517 g/mol. The van der Waals surface area contributed by atoms with Crippen LogP contribution < -0.4 is 0 Å². The Morgan fingerprint density at radius 2 is 1.43 bits per heavy atom. The molecule has 3 atom stereocenters. The van der Waals surface area contributed by atoms with Crippen LogP contribution in [-0.2, 0) is 24.0 Å². The zero-order valence-corrected chi connectivity index (χ0v) is 25.0. The van der Waals surface area contributed by atoms with Crippen LogP contribution in [0.3, 0.4) is 0 Å². The minimum atomic E-state index is -0.701. The molecule has 3 fully saturated rings. The van der Waals surface area contributed by atoms with E-state index in [1.807, 2.05) is 25.9 Å². The van der Waals surface area contributed by atoms with Gasteiger partial charge < -0.3 is 14.7 Å². The molecule has 3 unspecified atom stereocenters. The van der Waals surface area contributed by atoms with Crippen molar-refractivity contribution in [1.82, 2.24) is 19.7 Å². The van der Waals surface area contributed by atoms with Gasteiger partial charge in [-0.3, -0.25) is 28.7 Å². The molecule has 1 amide bonds. The third-order valence-electron chi connectivity index (χ3n) is 8.59. The summed E-state index contributed by atoms with van der Waals surface area (Å²) in [5, 5.41) is 5.85. The Hall–Kier alpha value is -2.37. The molecule has 11 heteroatoms. The lowest BCUT2D eigenvalue weighted by molar-refractivity contribution is -0.144. The summed E-state index contributed by atoms with van der Waals surface area (Å²) in [6, 6.07) is 0. The number of hydrazone groups is 1. The zero-order chi connectivity index (χ0) is 28.8. The first-order valence-electron chi connectivity index (χ1n) is 13.7. The number of piperidine rings is 3. The molecule has 0 N–H and O–H groups in total. The number of nitrogens with zero attached hydrogens (tertiary/aromatic N) is 5. The second-order valence-corrected chi connectivity index (χ2v) is 11.3. The zero-order valence-electron chi connectivity index (χ0n) is 25.0. The van der Waals surface area contributed by atoms with Crippen molar-refractivity contribution in [3.63, 3.8) is 0 Å². The van der Waals surface area contributed by atoms with Gasteiger partial charge in [0.2, 0.25) is 0 Å². The second-order valence-electron chi connectivity index (χ2n) is 11.3. The maximum Gasteiger partial charge on any atom is 0.255 e. The van der Waals surface area contributed by atoms with Crippen LogP contribution in [-0.4, -0.2) is 122 Å². The fourth-order valence-electron chi connectivity index (χ4n) is 5.87. The maximum absolute atomic E-state index is 12.0. The van der Waals surface area contributed by atoms with E-state index in [2.05, 4.69) is 28.9 Å². The molecule has 0 aliphatic carbocycles. The summed E-state index contributed by atoms with van der Waals surface area (Å²) in [7, 11) is 7.72. The Balaban J connectivity index is 0. The first-order valence-corrected chi connectivity index (χ1v) is 13.7. The summed E-state index contributed by atoms with van der Waals surface area (Å²) in [6.07, 6.45) is 3.47. The van der Waals surface area contributed by atoms with Crippen LogP contribution in [0.15, 0.2) is 5.10 Å². The van der Waals surface area contributed by atoms with E-state index in [0.29, 0.717) is 32.4 Å². The standard InChI is InChI=1S/C10H17N3O.C10H17NO2.C8H13NO2.CH4.FH.H2/c1-4-10-7-12(2)6-5-8(10)11-13(3)9(10)14;1-4-10(8(2)12)7-11(3)6-5-9(10)13;1-6(10)7-5-9(2)4-3-8(7)11;;;/h4-7H2,1-3H3;4-7H2,1-3H3;7H,3-5H2,1-2H3;1H4;2*1H/i;;;;;1+2. The van der Waals surface area contributed by atoms with Crippen LogP contribution in [0.25, 0.3) is 0 Å². The Bertz CT molecular complexity index is 979. The topological polar surface area (TPSA) is 111 Å². The van der Waals surface area contributed by atoms with E-state index in [4.69, 9.17) is 0 Å². The summed E-state index contributed by atoms with van der Waals surface area (Å²) < 4.78 is 0. The molecule has 0 saturated carbocycles. The summed E-state index contributed by atoms with van der Waals surface area (Å²) in [5.74, 6) is 0.0691. The van der Waals surface area contributed by atoms with Gasteiger partial charge in [-0.05, 0) is 47.8 Å². The van der Waals surface area contributed by atoms with Crippen LogP contribution in [0.4, 0.5) is 4.70 Å². The molecule has 0 aromatic carbocycles. The lowest BCUT2D eigenvalue weighted by Crippen LogP contribution is -2.51. The van der Waals surface area contributed by atoms with Gasteiger partial charge in [0, 0.05) is 67.0 Å². The first kappa shape index (κ1) is 37.6. The molecule has 4 heterocycles. The highest BCUT2D eigenvalue weighted by molar-refractivity contribution is 6.13. The number of carbonyl (C=O) groups is 5. The predicted octanol–water partition coefficient (Wildman–Crippen LogP) is 2.55. The van der Waals surface area contributed by atoms with Crippen LogP contribution in [0.2, 0.25) is 0 Å². The predicted molar refractivity (Wildman–Crippen MR) is 158 cm³/mol. The molecule has 4 aliphatic rings. The van der Waals surface area contributed by atoms with Gasteiger partial charge in [-0.1, -0.05) is 21.3 Å². The molecule has 0 aromatic heterocycles. The molecular formula is C29H54FN5O5. The van der Waals surface area contributed by atoms with Gasteiger partial charge in [0.1, 0.15) is 28.5 Å². The first-order chi connectivity index (χ1) is 17.7. The Morgan fingerprint density at radius 1 is 0.875 bits per heavy atom. The van der Waals surface area contributed by atoms with Crippen LogP contribution in [0.1, 0.15) is 68.7 Å². The molecule has 0 spiro atoms. The van der Waals surface area contributed by atoms with Crippen molar-refractivity contribution in [3.05, 3.63) is 0 Å². The molecule has 0 aromatic rings. The number of likely N-dealkylation sites (tertiary alicyclic amines) is 3. The van der Waals surface area contributed by atoms with Crippen molar-refractivity contribution in [2.24, 2.45) is 21.8 Å². The second kappa shape index (κ2) is 15.6. The number of rotatable bonds is 4. The van der Waals surface area contributed by atoms with E-state index >= 15 is 0 Å². The summed E-state index contributed by atoms with van der Waals surface area (Å²) in [4.78, 5) is 63.5. The number of carbonyl (C=O) groups excluding carboxylic acids is 5. The van der Waals surface area contributed by atoms with Gasteiger partial charge in [-0.25, -0.2) is 5.01 Å². The molecule has 232 valence electrons. The number of ketones is 4. The lowest BCUT2D eigenvalue weighted by Gasteiger charge is -2.37. The van der Waals surface area contributed by atoms with Crippen molar-refractivity contribution in [2.45, 2.75) is 67.2 Å². The Labute approximate surface area is 241 Å². The van der Waals surface area contributed by atoms with Crippen molar-refractivity contribution in [1.29, 1.82) is 0 Å². The number of hydrogen-bond acceptors (Lipinski definition) is 9. The van der Waals surface area contributed by atoms with E-state index in [9.17, 15) is 24.0 Å². The summed E-state index contributed by atoms with van der Waals surface area (Å²) >= 11 is 0. The SMILES string of the molecule is C.CC(=O)C1CN(C)CCC1=O.CCC1(C(C)=O)CN(C)CCC1=O.CCC12CN(C)CCC1=NN(C)C2=O.F.[3HH]. The average molecular weight is 574 g/mol. The van der Waals surface area contributed by atoms with Crippen molar-refractivity contribution < 1.29 is 30.1 Å². The van der Waals surface area contributed by atoms with Gasteiger partial charge in [-0.15, -0.1) is 0 Å².